The summed E-state index contributed by atoms with van der Waals surface area (Å²) in [5.41, 5.74) is 7.19. The summed E-state index contributed by atoms with van der Waals surface area (Å²) < 4.78 is 10.5. The Morgan fingerprint density at radius 2 is 1.95 bits per heavy atom. The summed E-state index contributed by atoms with van der Waals surface area (Å²) in [7, 11) is 3.28. The summed E-state index contributed by atoms with van der Waals surface area (Å²) in [6, 6.07) is 3.34. The highest BCUT2D eigenvalue weighted by molar-refractivity contribution is 5.97. The number of nitrogens with zero attached hydrogens (tertiary/aromatic N) is 1. The van der Waals surface area contributed by atoms with E-state index < -0.39 is 5.97 Å². The molecule has 0 radical (unpaired) electrons. The highest BCUT2D eigenvalue weighted by Gasteiger charge is 2.17. The summed E-state index contributed by atoms with van der Waals surface area (Å²) in [6.07, 6.45) is 0.734. The molecule has 21 heavy (non-hydrogen) atoms. The van der Waals surface area contributed by atoms with Gasteiger partial charge in [-0.2, -0.15) is 0 Å². The van der Waals surface area contributed by atoms with Crippen LogP contribution in [-0.4, -0.2) is 44.1 Å². The lowest BCUT2D eigenvalue weighted by Gasteiger charge is -2.15. The van der Waals surface area contributed by atoms with Gasteiger partial charge in [-0.05, 0) is 31.0 Å². The summed E-state index contributed by atoms with van der Waals surface area (Å²) in [5.74, 6) is -0.360. The molecule has 1 aromatic rings. The molecule has 0 unspecified atom stereocenters. The van der Waals surface area contributed by atoms with E-state index in [9.17, 15) is 9.59 Å². The summed E-state index contributed by atoms with van der Waals surface area (Å²) in [4.78, 5) is 24.9. The highest BCUT2D eigenvalue weighted by Crippen LogP contribution is 2.28. The average Bonchev–Trinajstić information content (AvgIpc) is 2.44. The molecule has 1 rings (SSSR count). The molecule has 0 aliphatic heterocycles. The fraction of sp³-hybridized carbons (Fsp3) is 0.467. The van der Waals surface area contributed by atoms with Crippen molar-refractivity contribution in [2.45, 2.75) is 20.3 Å². The SMILES string of the molecule is CCCOC(=O)c1cc(C)cc(OCC(=O)N(C)C)c1N. The van der Waals surface area contributed by atoms with E-state index in [-0.39, 0.29) is 23.8 Å². The van der Waals surface area contributed by atoms with E-state index in [1.807, 2.05) is 13.8 Å². The van der Waals surface area contributed by atoms with Crippen molar-refractivity contribution in [1.82, 2.24) is 4.90 Å². The Labute approximate surface area is 124 Å². The molecule has 6 heteroatoms. The second-order valence-corrected chi connectivity index (χ2v) is 4.94. The zero-order valence-electron chi connectivity index (χ0n) is 12.9. The standard InChI is InChI=1S/C15H22N2O4/c1-5-6-20-15(19)11-7-10(2)8-12(14(11)16)21-9-13(18)17(3)4/h7-8H,5-6,9,16H2,1-4H3. The van der Waals surface area contributed by atoms with Crippen molar-refractivity contribution in [3.8, 4) is 5.75 Å². The lowest BCUT2D eigenvalue weighted by molar-refractivity contribution is -0.130. The van der Waals surface area contributed by atoms with E-state index in [1.54, 1.807) is 26.2 Å². The summed E-state index contributed by atoms with van der Waals surface area (Å²) in [5, 5.41) is 0. The van der Waals surface area contributed by atoms with Crippen LogP contribution in [0.15, 0.2) is 12.1 Å². The Bertz CT molecular complexity index is 527. The van der Waals surface area contributed by atoms with Crippen molar-refractivity contribution in [2.75, 3.05) is 33.0 Å². The average molecular weight is 294 g/mol. The molecule has 0 aromatic heterocycles. The van der Waals surface area contributed by atoms with Crippen molar-refractivity contribution in [2.24, 2.45) is 0 Å². The summed E-state index contributed by atoms with van der Waals surface area (Å²) in [6.45, 7) is 3.93. The molecule has 0 heterocycles. The second-order valence-electron chi connectivity index (χ2n) is 4.94. The van der Waals surface area contributed by atoms with Gasteiger partial charge in [0.25, 0.3) is 5.91 Å². The van der Waals surface area contributed by atoms with E-state index >= 15 is 0 Å². The number of likely N-dealkylation sites (N-methyl/N-ethyl adjacent to an activating group) is 1. The molecule has 6 nitrogen and oxygen atoms in total. The number of amides is 1. The van der Waals surface area contributed by atoms with Crippen LogP contribution < -0.4 is 10.5 Å². The van der Waals surface area contributed by atoms with Gasteiger partial charge in [0.2, 0.25) is 0 Å². The smallest absolute Gasteiger partial charge is 0.340 e. The third-order valence-corrected chi connectivity index (χ3v) is 2.79. The van der Waals surface area contributed by atoms with Crippen molar-refractivity contribution in [1.29, 1.82) is 0 Å². The monoisotopic (exact) mass is 294 g/mol. The number of ether oxygens (including phenoxy) is 2. The Morgan fingerprint density at radius 1 is 1.29 bits per heavy atom. The van der Waals surface area contributed by atoms with Crippen LogP contribution in [0.4, 0.5) is 5.69 Å². The number of benzene rings is 1. The predicted molar refractivity (Wildman–Crippen MR) is 80.4 cm³/mol. The molecule has 0 atom stereocenters. The number of hydrogen-bond acceptors (Lipinski definition) is 5. The number of esters is 1. The number of nitrogens with two attached hydrogens (primary N) is 1. The van der Waals surface area contributed by atoms with Gasteiger partial charge in [0, 0.05) is 14.1 Å². The van der Waals surface area contributed by atoms with Gasteiger partial charge in [-0.3, -0.25) is 4.79 Å². The molecule has 0 fully saturated rings. The quantitative estimate of drug-likeness (QED) is 0.636. The third-order valence-electron chi connectivity index (χ3n) is 2.79. The van der Waals surface area contributed by atoms with Crippen molar-refractivity contribution in [3.05, 3.63) is 23.3 Å². The molecule has 0 bridgehead atoms. The largest absolute Gasteiger partial charge is 0.482 e. The van der Waals surface area contributed by atoms with Gasteiger partial charge in [0.05, 0.1) is 17.9 Å². The number of carbonyl (C=O) groups excluding carboxylic acids is 2. The molecule has 0 aliphatic rings. The van der Waals surface area contributed by atoms with Gasteiger partial charge in [-0.25, -0.2) is 4.79 Å². The molecule has 0 saturated heterocycles. The Hall–Kier alpha value is -2.24. The van der Waals surface area contributed by atoms with E-state index in [2.05, 4.69) is 0 Å². The molecular weight excluding hydrogens is 272 g/mol. The van der Waals surface area contributed by atoms with E-state index in [0.717, 1.165) is 12.0 Å². The maximum atomic E-state index is 11.9. The Balaban J connectivity index is 2.93. The first-order valence-electron chi connectivity index (χ1n) is 6.77. The first kappa shape index (κ1) is 16.8. The first-order valence-corrected chi connectivity index (χ1v) is 6.77. The van der Waals surface area contributed by atoms with Crippen LogP contribution in [0.5, 0.6) is 5.75 Å². The van der Waals surface area contributed by atoms with Crippen LogP contribution in [-0.2, 0) is 9.53 Å². The van der Waals surface area contributed by atoms with Crippen molar-refractivity contribution >= 4 is 17.6 Å². The zero-order valence-corrected chi connectivity index (χ0v) is 12.9. The van der Waals surface area contributed by atoms with Gasteiger partial charge in [0.15, 0.2) is 6.61 Å². The molecule has 2 N–H and O–H groups in total. The fourth-order valence-corrected chi connectivity index (χ4v) is 1.59. The lowest BCUT2D eigenvalue weighted by atomic mass is 10.1. The minimum Gasteiger partial charge on any atom is -0.482 e. The fourth-order valence-electron chi connectivity index (χ4n) is 1.59. The van der Waals surface area contributed by atoms with Crippen LogP contribution in [0.25, 0.3) is 0 Å². The summed E-state index contributed by atoms with van der Waals surface area (Å²) >= 11 is 0. The third kappa shape index (κ3) is 4.66. The minimum absolute atomic E-state index is 0.135. The number of hydrogen-bond donors (Lipinski definition) is 1. The Morgan fingerprint density at radius 3 is 2.52 bits per heavy atom. The topological polar surface area (TPSA) is 81.9 Å². The first-order chi connectivity index (χ1) is 9.86. The van der Waals surface area contributed by atoms with Crippen molar-refractivity contribution in [3.63, 3.8) is 0 Å². The van der Waals surface area contributed by atoms with Crippen LogP contribution in [0.3, 0.4) is 0 Å². The van der Waals surface area contributed by atoms with E-state index in [4.69, 9.17) is 15.2 Å². The molecule has 0 aliphatic carbocycles. The van der Waals surface area contributed by atoms with Gasteiger partial charge in [0.1, 0.15) is 5.75 Å². The normalized spacial score (nSPS) is 10.1. The van der Waals surface area contributed by atoms with Crippen LogP contribution in [0.2, 0.25) is 0 Å². The number of nitrogen functional groups attached to an aromatic ring is 1. The maximum absolute atomic E-state index is 11.9. The molecule has 0 saturated carbocycles. The van der Waals surface area contributed by atoms with Crippen molar-refractivity contribution < 1.29 is 19.1 Å². The van der Waals surface area contributed by atoms with Gasteiger partial charge in [-0.1, -0.05) is 6.92 Å². The molecule has 1 amide bonds. The van der Waals surface area contributed by atoms with Crippen LogP contribution in [0, 0.1) is 6.92 Å². The molecule has 1 aromatic carbocycles. The zero-order chi connectivity index (χ0) is 16.0. The predicted octanol–water partition coefficient (Wildman–Crippen LogP) is 1.61. The molecular formula is C15H22N2O4. The highest BCUT2D eigenvalue weighted by atomic mass is 16.5. The lowest BCUT2D eigenvalue weighted by Crippen LogP contribution is -2.27. The van der Waals surface area contributed by atoms with E-state index in [0.29, 0.717) is 12.4 Å². The number of rotatable bonds is 6. The van der Waals surface area contributed by atoms with Crippen LogP contribution >= 0.6 is 0 Å². The minimum atomic E-state index is -0.484. The molecule has 116 valence electrons. The molecule has 0 spiro atoms. The number of carbonyl (C=O) groups is 2. The van der Waals surface area contributed by atoms with E-state index in [1.165, 1.54) is 4.90 Å². The number of aryl methyl sites for hydroxylation is 1. The van der Waals surface area contributed by atoms with Gasteiger partial charge < -0.3 is 20.1 Å². The Kier molecular flexibility index (Phi) is 6.02. The van der Waals surface area contributed by atoms with Gasteiger partial charge in [-0.15, -0.1) is 0 Å². The maximum Gasteiger partial charge on any atom is 0.340 e. The van der Waals surface area contributed by atoms with Gasteiger partial charge >= 0.3 is 5.97 Å². The van der Waals surface area contributed by atoms with Crippen LogP contribution in [0.1, 0.15) is 29.3 Å². The second kappa shape index (κ2) is 7.52. The number of anilines is 1.